The fraction of sp³-hybridized carbons (Fsp3) is 1.00. The van der Waals surface area contributed by atoms with Gasteiger partial charge in [0.1, 0.15) is 6.10 Å². The molecule has 2 nitrogen and oxygen atoms in total. The minimum atomic E-state index is 0.122. The van der Waals surface area contributed by atoms with Crippen LogP contribution in [0.15, 0.2) is 0 Å². The molecule has 2 fully saturated rings. The summed E-state index contributed by atoms with van der Waals surface area (Å²) in [6.45, 7) is 7.45. The molecule has 2 aliphatic rings. The molecule has 100 valence electrons. The standard InChI is InChI=1S/C14H25ClO2/c1-4-16-13-11(15)9-12(13)17-10-5-7-14(2,3)8-6-10/h10-13H,4-9H2,1-3H3. The molecule has 3 atom stereocenters. The van der Waals surface area contributed by atoms with E-state index in [2.05, 4.69) is 13.8 Å². The van der Waals surface area contributed by atoms with Crippen molar-refractivity contribution in [3.8, 4) is 0 Å². The lowest BCUT2D eigenvalue weighted by Crippen LogP contribution is -2.52. The molecule has 0 aliphatic heterocycles. The molecule has 0 spiro atoms. The van der Waals surface area contributed by atoms with E-state index in [1.165, 1.54) is 25.7 Å². The minimum absolute atomic E-state index is 0.122. The van der Waals surface area contributed by atoms with E-state index in [0.29, 0.717) is 11.5 Å². The van der Waals surface area contributed by atoms with Crippen LogP contribution in [0.1, 0.15) is 52.9 Å². The Morgan fingerprint density at radius 2 is 1.88 bits per heavy atom. The molecule has 2 rings (SSSR count). The van der Waals surface area contributed by atoms with Gasteiger partial charge in [0.05, 0.1) is 17.6 Å². The Balaban J connectivity index is 1.75. The van der Waals surface area contributed by atoms with E-state index in [9.17, 15) is 0 Å². The van der Waals surface area contributed by atoms with Gasteiger partial charge in [-0.05, 0) is 44.4 Å². The zero-order chi connectivity index (χ0) is 12.5. The minimum Gasteiger partial charge on any atom is -0.374 e. The maximum absolute atomic E-state index is 6.15. The van der Waals surface area contributed by atoms with Crippen molar-refractivity contribution in [2.75, 3.05) is 6.61 Å². The van der Waals surface area contributed by atoms with E-state index < -0.39 is 0 Å². The summed E-state index contributed by atoms with van der Waals surface area (Å²) in [5, 5.41) is 0.153. The summed E-state index contributed by atoms with van der Waals surface area (Å²) in [6.07, 6.45) is 6.67. The van der Waals surface area contributed by atoms with E-state index in [1.54, 1.807) is 0 Å². The first kappa shape index (κ1) is 13.6. The van der Waals surface area contributed by atoms with E-state index >= 15 is 0 Å². The molecule has 2 saturated carbocycles. The van der Waals surface area contributed by atoms with Crippen LogP contribution in [-0.4, -0.2) is 30.3 Å². The van der Waals surface area contributed by atoms with Crippen LogP contribution >= 0.6 is 11.6 Å². The molecular formula is C14H25ClO2. The Morgan fingerprint density at radius 3 is 2.41 bits per heavy atom. The van der Waals surface area contributed by atoms with Gasteiger partial charge in [-0.2, -0.15) is 0 Å². The van der Waals surface area contributed by atoms with Crippen molar-refractivity contribution in [3.05, 3.63) is 0 Å². The first-order valence-corrected chi connectivity index (χ1v) is 7.36. The van der Waals surface area contributed by atoms with Gasteiger partial charge in [0.15, 0.2) is 0 Å². The number of hydrogen-bond acceptors (Lipinski definition) is 2. The number of halogens is 1. The fourth-order valence-electron chi connectivity index (χ4n) is 2.82. The van der Waals surface area contributed by atoms with Crippen LogP contribution in [0.4, 0.5) is 0 Å². The van der Waals surface area contributed by atoms with Crippen molar-refractivity contribution in [1.29, 1.82) is 0 Å². The molecule has 0 saturated heterocycles. The highest BCUT2D eigenvalue weighted by Gasteiger charge is 2.43. The molecule has 0 amide bonds. The maximum atomic E-state index is 6.15. The Bertz CT molecular complexity index is 245. The molecule has 0 aromatic rings. The van der Waals surface area contributed by atoms with Gasteiger partial charge in [-0.25, -0.2) is 0 Å². The number of hydrogen-bond donors (Lipinski definition) is 0. The second kappa shape index (κ2) is 5.46. The van der Waals surface area contributed by atoms with Crippen LogP contribution in [0.5, 0.6) is 0 Å². The van der Waals surface area contributed by atoms with Crippen LogP contribution in [0, 0.1) is 5.41 Å². The largest absolute Gasteiger partial charge is 0.374 e. The van der Waals surface area contributed by atoms with Crippen molar-refractivity contribution in [2.45, 2.75) is 76.6 Å². The second-order valence-corrected chi connectivity index (χ2v) is 6.77. The molecule has 0 heterocycles. The molecule has 0 aromatic carbocycles. The average Bonchev–Trinajstić information content (AvgIpc) is 2.28. The van der Waals surface area contributed by atoms with Crippen molar-refractivity contribution in [3.63, 3.8) is 0 Å². The molecular weight excluding hydrogens is 236 g/mol. The average molecular weight is 261 g/mol. The predicted molar refractivity (Wildman–Crippen MR) is 70.6 cm³/mol. The highest BCUT2D eigenvalue weighted by molar-refractivity contribution is 6.21. The lowest BCUT2D eigenvalue weighted by Gasteiger charge is -2.44. The van der Waals surface area contributed by atoms with Crippen LogP contribution < -0.4 is 0 Å². The predicted octanol–water partition coefficient (Wildman–Crippen LogP) is 3.76. The van der Waals surface area contributed by atoms with Gasteiger partial charge in [-0.1, -0.05) is 13.8 Å². The molecule has 2 aliphatic carbocycles. The number of alkyl halides is 1. The van der Waals surface area contributed by atoms with E-state index in [4.69, 9.17) is 21.1 Å². The number of ether oxygens (including phenoxy) is 2. The summed E-state index contributed by atoms with van der Waals surface area (Å²) in [6, 6.07) is 0. The normalized spacial score (nSPS) is 37.8. The first-order chi connectivity index (χ1) is 8.02. The van der Waals surface area contributed by atoms with Gasteiger partial charge >= 0.3 is 0 Å². The summed E-state index contributed by atoms with van der Waals surface area (Å²) in [5.74, 6) is 0. The quantitative estimate of drug-likeness (QED) is 0.717. The van der Waals surface area contributed by atoms with Gasteiger partial charge in [0, 0.05) is 6.61 Å². The Kier molecular flexibility index (Phi) is 4.38. The highest BCUT2D eigenvalue weighted by atomic mass is 35.5. The first-order valence-electron chi connectivity index (χ1n) is 6.93. The van der Waals surface area contributed by atoms with Gasteiger partial charge in [-0.15, -0.1) is 11.6 Å². The monoisotopic (exact) mass is 260 g/mol. The van der Waals surface area contributed by atoms with Gasteiger partial charge in [0.25, 0.3) is 0 Å². The third-order valence-electron chi connectivity index (χ3n) is 4.19. The lowest BCUT2D eigenvalue weighted by molar-refractivity contribution is -0.155. The van der Waals surface area contributed by atoms with Crippen LogP contribution in [-0.2, 0) is 9.47 Å². The molecule has 17 heavy (non-hydrogen) atoms. The third kappa shape index (κ3) is 3.36. The van der Waals surface area contributed by atoms with E-state index in [-0.39, 0.29) is 17.6 Å². The van der Waals surface area contributed by atoms with Crippen LogP contribution in [0.2, 0.25) is 0 Å². The molecule has 3 unspecified atom stereocenters. The maximum Gasteiger partial charge on any atom is 0.100 e. The van der Waals surface area contributed by atoms with Crippen molar-refractivity contribution in [1.82, 2.24) is 0 Å². The van der Waals surface area contributed by atoms with Crippen molar-refractivity contribution < 1.29 is 9.47 Å². The topological polar surface area (TPSA) is 18.5 Å². The van der Waals surface area contributed by atoms with Gasteiger partial charge in [-0.3, -0.25) is 0 Å². The molecule has 0 aromatic heterocycles. The molecule has 0 bridgehead atoms. The third-order valence-corrected chi connectivity index (χ3v) is 4.62. The van der Waals surface area contributed by atoms with Crippen LogP contribution in [0.25, 0.3) is 0 Å². The second-order valence-electron chi connectivity index (χ2n) is 6.21. The van der Waals surface area contributed by atoms with Crippen LogP contribution in [0.3, 0.4) is 0 Å². The zero-order valence-electron chi connectivity index (χ0n) is 11.2. The zero-order valence-corrected chi connectivity index (χ0v) is 12.0. The summed E-state index contributed by atoms with van der Waals surface area (Å²) in [4.78, 5) is 0. The van der Waals surface area contributed by atoms with Gasteiger partial charge in [0.2, 0.25) is 0 Å². The molecule has 3 heteroatoms. The molecule has 0 N–H and O–H groups in total. The Labute approximate surface area is 110 Å². The van der Waals surface area contributed by atoms with Crippen molar-refractivity contribution in [2.24, 2.45) is 5.41 Å². The van der Waals surface area contributed by atoms with E-state index in [0.717, 1.165) is 13.0 Å². The van der Waals surface area contributed by atoms with E-state index in [1.807, 2.05) is 6.92 Å². The Morgan fingerprint density at radius 1 is 1.24 bits per heavy atom. The lowest BCUT2D eigenvalue weighted by atomic mass is 9.76. The highest BCUT2D eigenvalue weighted by Crippen LogP contribution is 2.39. The SMILES string of the molecule is CCOC1C(Cl)CC1OC1CCC(C)(C)CC1. The summed E-state index contributed by atoms with van der Waals surface area (Å²) in [5.41, 5.74) is 0.508. The fourth-order valence-corrected chi connectivity index (χ4v) is 3.23. The molecule has 0 radical (unpaired) electrons. The van der Waals surface area contributed by atoms with Gasteiger partial charge < -0.3 is 9.47 Å². The summed E-state index contributed by atoms with van der Waals surface area (Å²) in [7, 11) is 0. The van der Waals surface area contributed by atoms with Crippen molar-refractivity contribution >= 4 is 11.6 Å². The smallest absolute Gasteiger partial charge is 0.100 e. The number of rotatable bonds is 4. The summed E-state index contributed by atoms with van der Waals surface area (Å²) < 4.78 is 11.8. The Hall–Kier alpha value is 0.210. The summed E-state index contributed by atoms with van der Waals surface area (Å²) >= 11 is 6.15.